The quantitative estimate of drug-likeness (QED) is 0.891. The summed E-state index contributed by atoms with van der Waals surface area (Å²) in [6.45, 7) is 7.25. The van der Waals surface area contributed by atoms with Crippen molar-refractivity contribution in [3.63, 3.8) is 0 Å². The van der Waals surface area contributed by atoms with Crippen molar-refractivity contribution in [3.8, 4) is 0 Å². The molecule has 0 aromatic carbocycles. The Morgan fingerprint density at radius 1 is 1.46 bits per heavy atom. The van der Waals surface area contributed by atoms with Gasteiger partial charge in [-0.15, -0.1) is 11.3 Å². The van der Waals surface area contributed by atoms with Gasteiger partial charge in [-0.1, -0.05) is 20.8 Å². The first-order valence-corrected chi connectivity index (χ1v) is 5.92. The molecule has 1 aromatic heterocycles. The lowest BCUT2D eigenvalue weighted by Gasteiger charge is -2.15. The molecule has 2 nitrogen and oxygen atoms in total. The zero-order chi connectivity index (χ0) is 10.1. The third kappa shape index (κ3) is 2.76. The second-order valence-electron chi connectivity index (χ2n) is 4.02. The number of nitrogens with zero attached hydrogens (tertiary/aromatic N) is 1. The van der Waals surface area contributed by atoms with Crippen LogP contribution >= 0.6 is 27.3 Å². The molecule has 0 saturated carbocycles. The topological polar surface area (TPSA) is 38.9 Å². The van der Waals surface area contributed by atoms with Crippen molar-refractivity contribution in [2.75, 3.05) is 6.54 Å². The molecule has 2 N–H and O–H groups in total. The van der Waals surface area contributed by atoms with Gasteiger partial charge in [-0.05, 0) is 27.9 Å². The van der Waals surface area contributed by atoms with Crippen LogP contribution in [0, 0.1) is 0 Å². The normalized spacial score (nSPS) is 12.1. The second kappa shape index (κ2) is 4.07. The van der Waals surface area contributed by atoms with E-state index in [9.17, 15) is 0 Å². The average Bonchev–Trinajstić information content (AvgIpc) is 2.30. The predicted octanol–water partition coefficient (Wildman–Crippen LogP) is 2.70. The van der Waals surface area contributed by atoms with Gasteiger partial charge in [0.25, 0.3) is 0 Å². The highest BCUT2D eigenvalue weighted by atomic mass is 79.9. The third-order valence-electron chi connectivity index (χ3n) is 1.67. The lowest BCUT2D eigenvalue weighted by Crippen LogP contribution is -2.09. The van der Waals surface area contributed by atoms with Gasteiger partial charge in [-0.2, -0.15) is 0 Å². The summed E-state index contributed by atoms with van der Waals surface area (Å²) in [4.78, 5) is 5.72. The van der Waals surface area contributed by atoms with Crippen LogP contribution in [0.3, 0.4) is 0 Å². The summed E-state index contributed by atoms with van der Waals surface area (Å²) in [6, 6.07) is 0. The van der Waals surface area contributed by atoms with E-state index in [2.05, 4.69) is 41.7 Å². The number of hydrogen-bond donors (Lipinski definition) is 1. The lowest BCUT2D eigenvalue weighted by atomic mass is 9.96. The maximum Gasteiger partial charge on any atom is 0.121 e. The molecule has 0 aliphatic rings. The van der Waals surface area contributed by atoms with E-state index in [1.807, 2.05) is 0 Å². The SMILES string of the molecule is CC(C)(C)c1sc(CCN)nc1Br. The number of hydrogen-bond acceptors (Lipinski definition) is 3. The number of aromatic nitrogens is 1. The fourth-order valence-corrected chi connectivity index (χ4v) is 3.23. The van der Waals surface area contributed by atoms with Crippen LogP contribution in [0.4, 0.5) is 0 Å². The van der Waals surface area contributed by atoms with Crippen LogP contribution in [0.1, 0.15) is 30.7 Å². The Morgan fingerprint density at radius 3 is 2.46 bits per heavy atom. The molecule has 0 aliphatic carbocycles. The van der Waals surface area contributed by atoms with Crippen molar-refractivity contribution >= 4 is 27.3 Å². The zero-order valence-electron chi connectivity index (χ0n) is 8.22. The molecule has 74 valence electrons. The van der Waals surface area contributed by atoms with Crippen LogP contribution in [-0.4, -0.2) is 11.5 Å². The van der Waals surface area contributed by atoms with Crippen molar-refractivity contribution in [3.05, 3.63) is 14.5 Å². The summed E-state index contributed by atoms with van der Waals surface area (Å²) in [7, 11) is 0. The molecule has 1 rings (SSSR count). The summed E-state index contributed by atoms with van der Waals surface area (Å²) < 4.78 is 0.980. The Labute approximate surface area is 91.7 Å². The van der Waals surface area contributed by atoms with E-state index >= 15 is 0 Å². The Balaban J connectivity index is 2.96. The summed E-state index contributed by atoms with van der Waals surface area (Å²) in [5.74, 6) is 0. The Kier molecular flexibility index (Phi) is 3.49. The van der Waals surface area contributed by atoms with Crippen LogP contribution in [0.2, 0.25) is 0 Å². The minimum Gasteiger partial charge on any atom is -0.330 e. The fourth-order valence-electron chi connectivity index (χ4n) is 1.04. The van der Waals surface area contributed by atoms with Gasteiger partial charge in [0.2, 0.25) is 0 Å². The number of halogens is 1. The highest BCUT2D eigenvalue weighted by Crippen LogP contribution is 2.34. The standard InChI is InChI=1S/C9H15BrN2S/c1-9(2,3)7-8(10)12-6(13-7)4-5-11/h4-5,11H2,1-3H3. The molecule has 0 saturated heterocycles. The van der Waals surface area contributed by atoms with Crippen LogP contribution in [0.5, 0.6) is 0 Å². The van der Waals surface area contributed by atoms with E-state index in [0.29, 0.717) is 6.54 Å². The maximum atomic E-state index is 5.48. The van der Waals surface area contributed by atoms with E-state index in [1.54, 1.807) is 11.3 Å². The Hall–Kier alpha value is 0.0700. The van der Waals surface area contributed by atoms with Crippen molar-refractivity contribution in [1.29, 1.82) is 0 Å². The fraction of sp³-hybridized carbons (Fsp3) is 0.667. The highest BCUT2D eigenvalue weighted by Gasteiger charge is 2.21. The first kappa shape index (κ1) is 11.1. The number of rotatable bonds is 2. The largest absolute Gasteiger partial charge is 0.330 e. The minimum absolute atomic E-state index is 0.170. The number of thiazole rings is 1. The van der Waals surface area contributed by atoms with E-state index in [1.165, 1.54) is 4.88 Å². The molecule has 1 heterocycles. The summed E-state index contributed by atoms with van der Waals surface area (Å²) in [6.07, 6.45) is 0.874. The molecular formula is C9H15BrN2S. The minimum atomic E-state index is 0.170. The summed E-state index contributed by atoms with van der Waals surface area (Å²) in [5, 5.41) is 1.12. The van der Waals surface area contributed by atoms with Gasteiger partial charge in [-0.25, -0.2) is 4.98 Å². The van der Waals surface area contributed by atoms with Gasteiger partial charge in [0.15, 0.2) is 0 Å². The smallest absolute Gasteiger partial charge is 0.121 e. The Morgan fingerprint density at radius 2 is 2.08 bits per heavy atom. The Bertz CT molecular complexity index is 288. The third-order valence-corrected chi connectivity index (χ3v) is 4.05. The van der Waals surface area contributed by atoms with E-state index in [4.69, 9.17) is 5.73 Å². The van der Waals surface area contributed by atoms with E-state index in [-0.39, 0.29) is 5.41 Å². The van der Waals surface area contributed by atoms with Crippen molar-refractivity contribution in [1.82, 2.24) is 4.98 Å². The predicted molar refractivity (Wildman–Crippen MR) is 61.3 cm³/mol. The van der Waals surface area contributed by atoms with Crippen LogP contribution in [0.15, 0.2) is 4.60 Å². The van der Waals surface area contributed by atoms with Crippen LogP contribution in [0.25, 0.3) is 0 Å². The first-order chi connectivity index (χ1) is 5.95. The monoisotopic (exact) mass is 262 g/mol. The van der Waals surface area contributed by atoms with Gasteiger partial charge in [-0.3, -0.25) is 0 Å². The molecule has 0 unspecified atom stereocenters. The maximum absolute atomic E-state index is 5.48. The van der Waals surface area contributed by atoms with Crippen molar-refractivity contribution < 1.29 is 0 Å². The van der Waals surface area contributed by atoms with E-state index in [0.717, 1.165) is 16.0 Å². The molecule has 13 heavy (non-hydrogen) atoms. The van der Waals surface area contributed by atoms with Crippen LogP contribution in [-0.2, 0) is 11.8 Å². The van der Waals surface area contributed by atoms with Gasteiger partial charge in [0, 0.05) is 11.3 Å². The molecule has 1 aromatic rings. The zero-order valence-corrected chi connectivity index (χ0v) is 10.6. The van der Waals surface area contributed by atoms with Gasteiger partial charge >= 0.3 is 0 Å². The van der Waals surface area contributed by atoms with Gasteiger partial charge in [0.05, 0.1) is 5.01 Å². The van der Waals surface area contributed by atoms with E-state index < -0.39 is 0 Å². The second-order valence-corrected chi connectivity index (χ2v) is 5.85. The number of nitrogens with two attached hydrogens (primary N) is 1. The van der Waals surface area contributed by atoms with Gasteiger partial charge < -0.3 is 5.73 Å². The molecule has 0 atom stereocenters. The molecular weight excluding hydrogens is 248 g/mol. The van der Waals surface area contributed by atoms with Crippen molar-refractivity contribution in [2.24, 2.45) is 5.73 Å². The lowest BCUT2D eigenvalue weighted by molar-refractivity contribution is 0.599. The molecule has 0 aliphatic heterocycles. The molecule has 0 bridgehead atoms. The summed E-state index contributed by atoms with van der Waals surface area (Å²) in [5.41, 5.74) is 5.65. The van der Waals surface area contributed by atoms with Crippen molar-refractivity contribution in [2.45, 2.75) is 32.6 Å². The van der Waals surface area contributed by atoms with Gasteiger partial charge in [0.1, 0.15) is 4.60 Å². The first-order valence-electron chi connectivity index (χ1n) is 4.31. The van der Waals surface area contributed by atoms with Crippen LogP contribution < -0.4 is 5.73 Å². The summed E-state index contributed by atoms with van der Waals surface area (Å²) >= 11 is 5.23. The molecule has 0 amide bonds. The molecule has 4 heteroatoms. The average molecular weight is 263 g/mol. The molecule has 0 fully saturated rings. The molecule has 0 spiro atoms. The highest BCUT2D eigenvalue weighted by molar-refractivity contribution is 9.10. The molecule has 0 radical (unpaired) electrons.